The fourth-order valence-corrected chi connectivity index (χ4v) is 8.37. The van der Waals surface area contributed by atoms with Crippen molar-refractivity contribution in [1.29, 1.82) is 0 Å². The number of benzene rings is 3. The van der Waals surface area contributed by atoms with Crippen LogP contribution in [0.4, 0.5) is 22.7 Å². The molecular formula is C58H79N4O4+. The molecule has 0 saturated carbocycles. The van der Waals surface area contributed by atoms with Crippen molar-refractivity contribution in [2.24, 2.45) is 22.7 Å². The molecule has 66 heavy (non-hydrogen) atoms. The van der Waals surface area contributed by atoms with Crippen molar-refractivity contribution in [2.75, 3.05) is 23.3 Å². The quantitative estimate of drug-likeness (QED) is 0.0689. The summed E-state index contributed by atoms with van der Waals surface area (Å²) in [6.45, 7) is 26.3. The van der Waals surface area contributed by atoms with Gasteiger partial charge in [0.1, 0.15) is 5.76 Å². The van der Waals surface area contributed by atoms with E-state index < -0.39 is 10.8 Å². The molecule has 354 valence electrons. The summed E-state index contributed by atoms with van der Waals surface area (Å²) in [4.78, 5) is 45.0. The highest BCUT2D eigenvalue weighted by Gasteiger charge is 2.41. The number of nitrogens with one attached hydrogen (secondary N) is 2. The first-order valence-electron chi connectivity index (χ1n) is 24.9. The summed E-state index contributed by atoms with van der Waals surface area (Å²) in [5.74, 6) is 0.0221. The van der Waals surface area contributed by atoms with Crippen LogP contribution in [0.15, 0.2) is 108 Å². The van der Waals surface area contributed by atoms with Crippen LogP contribution in [0.5, 0.6) is 0 Å². The van der Waals surface area contributed by atoms with Crippen LogP contribution in [0.3, 0.4) is 0 Å². The lowest BCUT2D eigenvalue weighted by atomic mass is 9.78. The number of unbranched alkanes of at least 4 members (excludes halogenated alkanes) is 2. The highest BCUT2D eigenvalue weighted by atomic mass is 16.3. The lowest BCUT2D eigenvalue weighted by Gasteiger charge is -2.32. The summed E-state index contributed by atoms with van der Waals surface area (Å²) < 4.78 is 2.31. The van der Waals surface area contributed by atoms with E-state index in [0.717, 1.165) is 87.2 Å². The fraction of sp³-hybridized carbons (Fsp3) is 0.483. The Morgan fingerprint density at radius 1 is 0.697 bits per heavy atom. The Morgan fingerprint density at radius 2 is 1.24 bits per heavy atom. The van der Waals surface area contributed by atoms with Crippen LogP contribution in [-0.4, -0.2) is 46.1 Å². The molecule has 0 radical (unpaired) electrons. The Morgan fingerprint density at radius 3 is 1.79 bits per heavy atom. The maximum absolute atomic E-state index is 14.8. The molecule has 8 heteroatoms. The molecule has 2 aliphatic carbocycles. The molecular weight excluding hydrogens is 817 g/mol. The lowest BCUT2D eigenvalue weighted by molar-refractivity contribution is -0.448. The predicted octanol–water partition coefficient (Wildman–Crippen LogP) is 14.2. The van der Waals surface area contributed by atoms with Gasteiger partial charge in [-0.1, -0.05) is 137 Å². The van der Waals surface area contributed by atoms with Gasteiger partial charge in [-0.15, -0.1) is 0 Å². The first-order chi connectivity index (χ1) is 31.4. The van der Waals surface area contributed by atoms with E-state index in [4.69, 9.17) is 0 Å². The third kappa shape index (κ3) is 12.1. The third-order valence-electron chi connectivity index (χ3n) is 14.2. The second-order valence-electron chi connectivity index (χ2n) is 20.0. The van der Waals surface area contributed by atoms with Gasteiger partial charge in [-0.2, -0.15) is 4.58 Å². The van der Waals surface area contributed by atoms with Crippen molar-refractivity contribution in [3.05, 3.63) is 124 Å². The number of aryl methyl sites for hydroxylation is 2. The number of aliphatic hydroxyl groups excluding tert-OH is 1. The van der Waals surface area contributed by atoms with E-state index in [1.54, 1.807) is 0 Å². The zero-order valence-corrected chi connectivity index (χ0v) is 42.3. The van der Waals surface area contributed by atoms with Gasteiger partial charge in [0.05, 0.1) is 22.5 Å². The van der Waals surface area contributed by atoms with Gasteiger partial charge in [-0.3, -0.25) is 14.4 Å². The minimum absolute atomic E-state index is 0.135. The van der Waals surface area contributed by atoms with Gasteiger partial charge >= 0.3 is 0 Å². The van der Waals surface area contributed by atoms with E-state index in [2.05, 4.69) is 110 Å². The summed E-state index contributed by atoms with van der Waals surface area (Å²) in [5, 5.41) is 18.6. The largest absolute Gasteiger partial charge is 0.506 e. The molecule has 8 nitrogen and oxygen atoms in total. The number of nitrogens with zero attached hydrogens (tertiary/aromatic N) is 2. The van der Waals surface area contributed by atoms with Gasteiger partial charge in [0.2, 0.25) is 29.0 Å². The highest BCUT2D eigenvalue weighted by Crippen LogP contribution is 2.45. The van der Waals surface area contributed by atoms with Crippen molar-refractivity contribution in [3.63, 3.8) is 0 Å². The number of carbonyl (C=O) groups excluding carboxylic acids is 3. The van der Waals surface area contributed by atoms with Crippen molar-refractivity contribution < 1.29 is 24.1 Å². The first kappa shape index (κ1) is 51.5. The van der Waals surface area contributed by atoms with E-state index in [9.17, 15) is 19.5 Å². The van der Waals surface area contributed by atoms with Crippen LogP contribution in [0.1, 0.15) is 150 Å². The molecule has 0 aliphatic heterocycles. The molecule has 2 unspecified atom stereocenters. The number of aliphatic hydroxyl groups is 1. The standard InChI is InChI=1S/C58H78N4O4/c1-13-19-21-41(15-3)37-61(43-27-23-39(7)24-28-43)45-31-33-47(49(35-45)59-55(65)57(9,10)17-5)51-53(63)52(54(51)64)48-34-32-46(36-50(48)60-56(66)58(11,12)18-6)62(38-42(16-4)22-20-14-2)44-29-25-40(8)26-30-44/h23-36,41-42H,13-22,37-38H2,1-12H3,(H2,59,60,63,64,65,66)/p+1. The minimum Gasteiger partial charge on any atom is -0.506 e. The number of Topliss-reactive ketones (excluding diaryl/α,β-unsaturated/α-hetero) is 1. The molecule has 0 aromatic heterocycles. The molecule has 0 spiro atoms. The summed E-state index contributed by atoms with van der Waals surface area (Å²) in [6.07, 6.45) is 15.9. The Balaban J connectivity index is 1.70. The number of rotatable bonds is 22. The number of amides is 2. The SMILES string of the molecule is CCCCC(CC)CN(c1ccc(C)cc1)c1ccc(C2=C(O)/C(=C3/C=CC(=[N+](CC(CC)CCCC)c4ccc(C)cc4)C=C3NC(=O)C(C)(C)CC)C2=O)c(NC(=O)C(C)(C)CC)c1. The zero-order chi connectivity index (χ0) is 48.3. The minimum atomic E-state index is -0.685. The van der Waals surface area contributed by atoms with Crippen molar-refractivity contribution in [2.45, 2.75) is 147 Å². The number of hydrogen-bond acceptors (Lipinski definition) is 5. The Bertz CT molecular complexity index is 2380. The number of anilines is 3. The van der Waals surface area contributed by atoms with E-state index in [-0.39, 0.29) is 34.5 Å². The second-order valence-corrected chi connectivity index (χ2v) is 20.0. The molecule has 5 rings (SSSR count). The van der Waals surface area contributed by atoms with Crippen LogP contribution in [0.2, 0.25) is 0 Å². The van der Waals surface area contributed by atoms with Crippen LogP contribution in [0, 0.1) is 36.5 Å². The van der Waals surface area contributed by atoms with Gasteiger partial charge in [0.15, 0.2) is 6.54 Å². The molecule has 2 atom stereocenters. The number of hydrogen-bond donors (Lipinski definition) is 3. The zero-order valence-electron chi connectivity index (χ0n) is 42.3. The van der Waals surface area contributed by atoms with E-state index in [1.165, 1.54) is 11.1 Å². The molecule has 0 bridgehead atoms. The highest BCUT2D eigenvalue weighted by molar-refractivity contribution is 6.40. The number of carbonyl (C=O) groups is 3. The molecule has 0 saturated heterocycles. The molecule has 0 heterocycles. The van der Waals surface area contributed by atoms with E-state index in [0.29, 0.717) is 47.2 Å². The fourth-order valence-electron chi connectivity index (χ4n) is 8.37. The van der Waals surface area contributed by atoms with Crippen molar-refractivity contribution in [3.8, 4) is 0 Å². The normalized spacial score (nSPS) is 17.0. The maximum atomic E-state index is 14.8. The Kier molecular flexibility index (Phi) is 17.8. The average Bonchev–Trinajstić information content (AvgIpc) is 3.31. The summed E-state index contributed by atoms with van der Waals surface area (Å²) in [7, 11) is 0. The molecule has 2 aliphatic rings. The van der Waals surface area contributed by atoms with E-state index >= 15 is 0 Å². The van der Waals surface area contributed by atoms with Crippen LogP contribution in [-0.2, 0) is 14.4 Å². The second kappa shape index (κ2) is 22.8. The smallest absolute Gasteiger partial charge is 0.230 e. The monoisotopic (exact) mass is 896 g/mol. The molecule has 2 amide bonds. The summed E-state index contributed by atoms with van der Waals surface area (Å²) in [6, 6.07) is 22.8. The van der Waals surface area contributed by atoms with Gasteiger partial charge in [0.25, 0.3) is 0 Å². The molecule has 3 aromatic carbocycles. The molecule has 0 fully saturated rings. The summed E-state index contributed by atoms with van der Waals surface area (Å²) >= 11 is 0. The van der Waals surface area contributed by atoms with Gasteiger partial charge in [0, 0.05) is 70.1 Å². The van der Waals surface area contributed by atoms with Gasteiger partial charge in [-0.05, 0) is 88.3 Å². The third-order valence-corrected chi connectivity index (χ3v) is 14.2. The first-order valence-corrected chi connectivity index (χ1v) is 24.9. The van der Waals surface area contributed by atoms with Crippen LogP contribution in [0.25, 0.3) is 5.57 Å². The Hall–Kier alpha value is -5.50. The van der Waals surface area contributed by atoms with Gasteiger partial charge in [-0.25, -0.2) is 0 Å². The van der Waals surface area contributed by atoms with Crippen molar-refractivity contribution in [1.82, 2.24) is 5.32 Å². The molecule has 3 aromatic rings. The predicted molar refractivity (Wildman–Crippen MR) is 276 cm³/mol. The number of ketones is 1. The molecule has 3 N–H and O–H groups in total. The Labute approximate surface area is 397 Å². The van der Waals surface area contributed by atoms with E-state index in [1.807, 2.05) is 78.0 Å². The number of allylic oxidation sites excluding steroid dienone is 5. The summed E-state index contributed by atoms with van der Waals surface area (Å²) in [5.41, 5.74) is 6.92. The van der Waals surface area contributed by atoms with Crippen molar-refractivity contribution >= 4 is 51.6 Å². The van der Waals surface area contributed by atoms with Gasteiger partial charge < -0.3 is 20.6 Å². The van der Waals surface area contributed by atoms with Crippen LogP contribution >= 0.6 is 0 Å². The maximum Gasteiger partial charge on any atom is 0.230 e. The average molecular weight is 896 g/mol. The lowest BCUT2D eigenvalue weighted by Crippen LogP contribution is -2.38. The van der Waals surface area contributed by atoms with Crippen LogP contribution < -0.4 is 15.5 Å². The topological polar surface area (TPSA) is 102 Å².